The molecule has 0 spiro atoms. The summed E-state index contributed by atoms with van der Waals surface area (Å²) in [6, 6.07) is 0. The first kappa shape index (κ1) is 12.6. The van der Waals surface area contributed by atoms with Crippen LogP contribution in [0.25, 0.3) is 0 Å². The lowest BCUT2D eigenvalue weighted by Gasteiger charge is -1.96. The van der Waals surface area contributed by atoms with E-state index >= 15 is 0 Å². The summed E-state index contributed by atoms with van der Waals surface area (Å²) in [6.45, 7) is 3.81. The third-order valence-corrected chi connectivity index (χ3v) is 0.803. The quantitative estimate of drug-likeness (QED) is 0.382. The molecule has 0 heterocycles. The SMILES string of the molecule is CCCCOC(C)=O.O=CO. The van der Waals surface area contributed by atoms with E-state index in [1.807, 2.05) is 0 Å². The zero-order valence-corrected chi connectivity index (χ0v) is 6.87. The summed E-state index contributed by atoms with van der Waals surface area (Å²) in [5.74, 6) is -0.182. The minimum Gasteiger partial charge on any atom is -0.483 e. The fourth-order valence-electron chi connectivity index (χ4n) is 0.360. The van der Waals surface area contributed by atoms with E-state index < -0.39 is 0 Å². The molecule has 0 atom stereocenters. The molecule has 0 bridgehead atoms. The molecule has 0 aliphatic rings. The van der Waals surface area contributed by atoms with Crippen LogP contribution in [0.15, 0.2) is 0 Å². The van der Waals surface area contributed by atoms with E-state index in [0.29, 0.717) is 6.61 Å². The van der Waals surface area contributed by atoms with Crippen LogP contribution in [0.3, 0.4) is 0 Å². The minimum atomic E-state index is -0.250. The number of carbonyl (C=O) groups is 2. The molecule has 1 N–H and O–H groups in total. The van der Waals surface area contributed by atoms with E-state index in [4.69, 9.17) is 9.90 Å². The predicted octanol–water partition coefficient (Wildman–Crippen LogP) is 1.05. The molecule has 66 valence electrons. The van der Waals surface area contributed by atoms with Gasteiger partial charge in [-0.15, -0.1) is 0 Å². The summed E-state index contributed by atoms with van der Waals surface area (Å²) in [6.07, 6.45) is 2.05. The average molecular weight is 162 g/mol. The molecule has 0 aromatic rings. The number of carbonyl (C=O) groups excluding carboxylic acids is 1. The Hall–Kier alpha value is -1.06. The molecule has 0 fully saturated rings. The molecule has 0 aliphatic heterocycles. The van der Waals surface area contributed by atoms with E-state index in [-0.39, 0.29) is 12.4 Å². The highest BCUT2D eigenvalue weighted by atomic mass is 16.5. The summed E-state index contributed by atoms with van der Waals surface area (Å²) in [5, 5.41) is 6.89. The summed E-state index contributed by atoms with van der Waals surface area (Å²) in [5.41, 5.74) is 0. The van der Waals surface area contributed by atoms with Crippen molar-refractivity contribution in [2.24, 2.45) is 0 Å². The average Bonchev–Trinajstić information content (AvgIpc) is 1.89. The largest absolute Gasteiger partial charge is 0.483 e. The molecule has 0 aromatic heterocycles. The van der Waals surface area contributed by atoms with E-state index in [1.165, 1.54) is 6.92 Å². The highest BCUT2D eigenvalue weighted by molar-refractivity contribution is 5.65. The van der Waals surface area contributed by atoms with Crippen LogP contribution in [0.5, 0.6) is 0 Å². The third-order valence-electron chi connectivity index (χ3n) is 0.803. The van der Waals surface area contributed by atoms with Gasteiger partial charge in [0.15, 0.2) is 0 Å². The highest BCUT2D eigenvalue weighted by Crippen LogP contribution is 1.86. The maximum absolute atomic E-state index is 10.1. The second-order valence-electron chi connectivity index (χ2n) is 1.80. The lowest BCUT2D eigenvalue weighted by atomic mass is 10.4. The maximum Gasteiger partial charge on any atom is 0.302 e. The van der Waals surface area contributed by atoms with E-state index in [1.54, 1.807) is 0 Å². The Bertz CT molecular complexity index is 101. The Labute approximate surface area is 66.2 Å². The minimum absolute atomic E-state index is 0.182. The van der Waals surface area contributed by atoms with Crippen LogP contribution < -0.4 is 0 Å². The van der Waals surface area contributed by atoms with Gasteiger partial charge in [-0.1, -0.05) is 13.3 Å². The van der Waals surface area contributed by atoms with E-state index in [9.17, 15) is 4.79 Å². The Morgan fingerprint density at radius 1 is 1.64 bits per heavy atom. The van der Waals surface area contributed by atoms with Gasteiger partial charge in [0.25, 0.3) is 6.47 Å². The molecule has 0 aliphatic carbocycles. The first-order chi connectivity index (χ1) is 5.18. The zero-order chi connectivity index (χ0) is 9.11. The van der Waals surface area contributed by atoms with Gasteiger partial charge in [-0.3, -0.25) is 9.59 Å². The molecule has 0 saturated carbocycles. The molecule has 11 heavy (non-hydrogen) atoms. The predicted molar refractivity (Wildman–Crippen MR) is 40.2 cm³/mol. The normalized spacial score (nSPS) is 7.45. The first-order valence-corrected chi connectivity index (χ1v) is 3.40. The van der Waals surface area contributed by atoms with Gasteiger partial charge in [0.05, 0.1) is 6.61 Å². The molecule has 0 amide bonds. The number of carboxylic acid groups (broad SMARTS) is 1. The van der Waals surface area contributed by atoms with Crippen molar-refractivity contribution in [3.8, 4) is 0 Å². The molecule has 0 aromatic carbocycles. The van der Waals surface area contributed by atoms with Crippen molar-refractivity contribution in [1.29, 1.82) is 0 Å². The molecular weight excluding hydrogens is 148 g/mol. The van der Waals surface area contributed by atoms with E-state index in [0.717, 1.165) is 12.8 Å². The van der Waals surface area contributed by atoms with Gasteiger partial charge < -0.3 is 9.84 Å². The van der Waals surface area contributed by atoms with Gasteiger partial charge in [-0.25, -0.2) is 0 Å². The van der Waals surface area contributed by atoms with Crippen LogP contribution in [-0.2, 0) is 14.3 Å². The Morgan fingerprint density at radius 3 is 2.36 bits per heavy atom. The van der Waals surface area contributed by atoms with Crippen molar-refractivity contribution < 1.29 is 19.4 Å². The van der Waals surface area contributed by atoms with Gasteiger partial charge >= 0.3 is 5.97 Å². The Balaban J connectivity index is 0. The summed E-state index contributed by atoms with van der Waals surface area (Å²) in [4.78, 5) is 18.5. The zero-order valence-electron chi connectivity index (χ0n) is 6.87. The topological polar surface area (TPSA) is 63.6 Å². The summed E-state index contributed by atoms with van der Waals surface area (Å²) >= 11 is 0. The van der Waals surface area contributed by atoms with Crippen LogP contribution in [0.1, 0.15) is 26.7 Å². The van der Waals surface area contributed by atoms with Crippen LogP contribution in [0, 0.1) is 0 Å². The van der Waals surface area contributed by atoms with Gasteiger partial charge in [0.2, 0.25) is 0 Å². The monoisotopic (exact) mass is 162 g/mol. The van der Waals surface area contributed by atoms with Gasteiger partial charge in [0, 0.05) is 6.92 Å². The van der Waals surface area contributed by atoms with Gasteiger partial charge in [-0.05, 0) is 6.42 Å². The fourth-order valence-corrected chi connectivity index (χ4v) is 0.360. The number of rotatable bonds is 3. The lowest BCUT2D eigenvalue weighted by Crippen LogP contribution is -1.99. The summed E-state index contributed by atoms with van der Waals surface area (Å²) < 4.78 is 4.64. The van der Waals surface area contributed by atoms with Crippen LogP contribution in [-0.4, -0.2) is 24.2 Å². The van der Waals surface area contributed by atoms with E-state index in [2.05, 4.69) is 11.7 Å². The van der Waals surface area contributed by atoms with Crippen molar-refractivity contribution in [2.45, 2.75) is 26.7 Å². The van der Waals surface area contributed by atoms with Crippen molar-refractivity contribution in [1.82, 2.24) is 0 Å². The van der Waals surface area contributed by atoms with Crippen LogP contribution in [0.4, 0.5) is 0 Å². The Kier molecular flexibility index (Phi) is 13.4. The first-order valence-electron chi connectivity index (χ1n) is 3.40. The molecule has 4 nitrogen and oxygen atoms in total. The molecule has 0 saturated heterocycles. The number of hydrogen-bond acceptors (Lipinski definition) is 3. The lowest BCUT2D eigenvalue weighted by molar-refractivity contribution is -0.141. The third kappa shape index (κ3) is 27.7. The molecule has 0 radical (unpaired) electrons. The van der Waals surface area contributed by atoms with Crippen LogP contribution >= 0.6 is 0 Å². The fraction of sp³-hybridized carbons (Fsp3) is 0.714. The molecule has 0 rings (SSSR count). The van der Waals surface area contributed by atoms with Crippen molar-refractivity contribution >= 4 is 12.4 Å². The number of ether oxygens (including phenoxy) is 1. The number of unbranched alkanes of at least 4 members (excludes halogenated alkanes) is 1. The molecular formula is C7H14O4. The van der Waals surface area contributed by atoms with Crippen molar-refractivity contribution in [2.75, 3.05) is 6.61 Å². The summed E-state index contributed by atoms with van der Waals surface area (Å²) in [7, 11) is 0. The smallest absolute Gasteiger partial charge is 0.302 e. The molecule has 4 heteroatoms. The van der Waals surface area contributed by atoms with Crippen LogP contribution in [0.2, 0.25) is 0 Å². The van der Waals surface area contributed by atoms with Gasteiger partial charge in [0.1, 0.15) is 0 Å². The van der Waals surface area contributed by atoms with Crippen molar-refractivity contribution in [3.05, 3.63) is 0 Å². The van der Waals surface area contributed by atoms with Gasteiger partial charge in [-0.2, -0.15) is 0 Å². The Morgan fingerprint density at radius 2 is 2.09 bits per heavy atom. The standard InChI is InChI=1S/C6H12O2.CH2O2/c1-3-4-5-8-6(2)7;2-1-3/h3-5H2,1-2H3;1H,(H,2,3). The molecule has 0 unspecified atom stereocenters. The number of hydrogen-bond donors (Lipinski definition) is 1. The highest BCUT2D eigenvalue weighted by Gasteiger charge is 1.88. The maximum atomic E-state index is 10.1. The van der Waals surface area contributed by atoms with Crippen molar-refractivity contribution in [3.63, 3.8) is 0 Å². The second-order valence-corrected chi connectivity index (χ2v) is 1.80. The second kappa shape index (κ2) is 11.7. The number of esters is 1.